The zero-order valence-corrected chi connectivity index (χ0v) is 10.7. The molecule has 1 aliphatic rings. The number of fused-ring (bicyclic) bond motifs is 1. The maximum absolute atomic E-state index is 5.51. The molecule has 0 saturated carbocycles. The van der Waals surface area contributed by atoms with Gasteiger partial charge in [-0.3, -0.25) is 4.90 Å². The van der Waals surface area contributed by atoms with E-state index in [1.807, 2.05) is 6.20 Å². The molecule has 3 rings (SSSR count). The lowest BCUT2D eigenvalue weighted by atomic mass is 10.1. The van der Waals surface area contributed by atoms with E-state index in [2.05, 4.69) is 33.4 Å². The van der Waals surface area contributed by atoms with Crippen LogP contribution in [0.5, 0.6) is 5.75 Å². The zero-order chi connectivity index (χ0) is 12.4. The highest BCUT2D eigenvalue weighted by molar-refractivity contribution is 5.85. The summed E-state index contributed by atoms with van der Waals surface area (Å²) in [5.41, 5.74) is 2.47. The van der Waals surface area contributed by atoms with Gasteiger partial charge in [0.25, 0.3) is 0 Å². The van der Waals surface area contributed by atoms with Crippen LogP contribution in [-0.4, -0.2) is 43.2 Å². The van der Waals surface area contributed by atoms with E-state index in [1.54, 1.807) is 7.11 Å². The van der Waals surface area contributed by atoms with Crippen molar-refractivity contribution in [2.24, 2.45) is 0 Å². The Hall–Kier alpha value is -1.52. The standard InChI is InChI=1S/C14H19N3O/c1-18-14-3-2-13-11(4-5-16-13)12(14)10-17-8-6-15-7-9-17/h2-5,15-16H,6-10H2,1H3. The molecule has 1 aromatic carbocycles. The van der Waals surface area contributed by atoms with E-state index < -0.39 is 0 Å². The third-order valence-electron chi connectivity index (χ3n) is 3.61. The van der Waals surface area contributed by atoms with E-state index >= 15 is 0 Å². The molecule has 1 saturated heterocycles. The summed E-state index contributed by atoms with van der Waals surface area (Å²) in [5, 5.41) is 4.65. The summed E-state index contributed by atoms with van der Waals surface area (Å²) in [6.45, 7) is 5.31. The van der Waals surface area contributed by atoms with Crippen LogP contribution in [0.15, 0.2) is 24.4 Å². The van der Waals surface area contributed by atoms with Crippen LogP contribution in [0.4, 0.5) is 0 Å². The second kappa shape index (κ2) is 5.00. The van der Waals surface area contributed by atoms with Crippen LogP contribution >= 0.6 is 0 Å². The molecule has 96 valence electrons. The number of nitrogens with zero attached hydrogens (tertiary/aromatic N) is 1. The fourth-order valence-electron chi connectivity index (χ4n) is 2.62. The Morgan fingerprint density at radius 3 is 2.83 bits per heavy atom. The Kier molecular flexibility index (Phi) is 3.21. The van der Waals surface area contributed by atoms with Gasteiger partial charge < -0.3 is 15.0 Å². The van der Waals surface area contributed by atoms with Gasteiger partial charge in [-0.25, -0.2) is 0 Å². The number of piperazine rings is 1. The van der Waals surface area contributed by atoms with Gasteiger partial charge in [0.2, 0.25) is 0 Å². The Bertz CT molecular complexity index is 529. The number of aromatic nitrogens is 1. The summed E-state index contributed by atoms with van der Waals surface area (Å²) in [7, 11) is 1.75. The molecule has 0 atom stereocenters. The third-order valence-corrected chi connectivity index (χ3v) is 3.61. The first-order valence-corrected chi connectivity index (χ1v) is 6.44. The van der Waals surface area contributed by atoms with Crippen molar-refractivity contribution >= 4 is 10.9 Å². The van der Waals surface area contributed by atoms with Crippen molar-refractivity contribution in [1.82, 2.24) is 15.2 Å². The number of methoxy groups -OCH3 is 1. The molecule has 0 aliphatic carbocycles. The fourth-order valence-corrected chi connectivity index (χ4v) is 2.62. The van der Waals surface area contributed by atoms with Crippen molar-refractivity contribution in [2.45, 2.75) is 6.54 Å². The number of hydrogen-bond donors (Lipinski definition) is 2. The van der Waals surface area contributed by atoms with Gasteiger partial charge in [0, 0.05) is 55.4 Å². The first-order valence-electron chi connectivity index (χ1n) is 6.44. The Morgan fingerprint density at radius 1 is 1.22 bits per heavy atom. The maximum atomic E-state index is 5.51. The van der Waals surface area contributed by atoms with Gasteiger partial charge in [0.15, 0.2) is 0 Å². The molecule has 0 unspecified atom stereocenters. The monoisotopic (exact) mass is 245 g/mol. The molecule has 2 aromatic rings. The molecule has 1 aromatic heterocycles. The molecule has 4 nitrogen and oxygen atoms in total. The Morgan fingerprint density at radius 2 is 2.06 bits per heavy atom. The van der Waals surface area contributed by atoms with Crippen LogP contribution in [0.1, 0.15) is 5.56 Å². The largest absolute Gasteiger partial charge is 0.496 e. The quantitative estimate of drug-likeness (QED) is 0.862. The SMILES string of the molecule is COc1ccc2[nH]ccc2c1CN1CCNCC1. The van der Waals surface area contributed by atoms with Gasteiger partial charge in [0.1, 0.15) is 5.75 Å². The van der Waals surface area contributed by atoms with Gasteiger partial charge in [-0.05, 0) is 18.2 Å². The average molecular weight is 245 g/mol. The van der Waals surface area contributed by atoms with Crippen molar-refractivity contribution in [1.29, 1.82) is 0 Å². The van der Waals surface area contributed by atoms with Gasteiger partial charge in [-0.15, -0.1) is 0 Å². The van der Waals surface area contributed by atoms with Crippen LogP contribution in [0.25, 0.3) is 10.9 Å². The van der Waals surface area contributed by atoms with E-state index in [9.17, 15) is 0 Å². The van der Waals surface area contributed by atoms with E-state index in [1.165, 1.54) is 16.5 Å². The minimum absolute atomic E-state index is 0.958. The zero-order valence-electron chi connectivity index (χ0n) is 10.7. The van der Waals surface area contributed by atoms with Crippen LogP contribution in [0, 0.1) is 0 Å². The number of ether oxygens (including phenoxy) is 1. The summed E-state index contributed by atoms with van der Waals surface area (Å²) in [6.07, 6.45) is 1.99. The van der Waals surface area contributed by atoms with Gasteiger partial charge >= 0.3 is 0 Å². The number of hydrogen-bond acceptors (Lipinski definition) is 3. The summed E-state index contributed by atoms with van der Waals surface area (Å²) >= 11 is 0. The molecule has 2 heterocycles. The van der Waals surface area contributed by atoms with Crippen molar-refractivity contribution < 1.29 is 4.74 Å². The fraction of sp³-hybridized carbons (Fsp3) is 0.429. The van der Waals surface area contributed by atoms with Crippen LogP contribution in [0.3, 0.4) is 0 Å². The summed E-state index contributed by atoms with van der Waals surface area (Å²) in [5.74, 6) is 0.987. The molecule has 18 heavy (non-hydrogen) atoms. The van der Waals surface area contributed by atoms with Crippen molar-refractivity contribution in [3.8, 4) is 5.75 Å². The predicted octanol–water partition coefficient (Wildman–Crippen LogP) is 1.58. The van der Waals surface area contributed by atoms with Crippen molar-refractivity contribution in [3.63, 3.8) is 0 Å². The van der Waals surface area contributed by atoms with Gasteiger partial charge in [0.05, 0.1) is 7.11 Å². The maximum Gasteiger partial charge on any atom is 0.124 e. The minimum atomic E-state index is 0.958. The third kappa shape index (κ3) is 2.09. The number of nitrogens with one attached hydrogen (secondary N) is 2. The number of aromatic amines is 1. The van der Waals surface area contributed by atoms with Crippen molar-refractivity contribution in [3.05, 3.63) is 30.0 Å². The second-order valence-electron chi connectivity index (χ2n) is 4.71. The molecule has 0 spiro atoms. The molecule has 2 N–H and O–H groups in total. The van der Waals surface area contributed by atoms with E-state index in [0.29, 0.717) is 0 Å². The highest BCUT2D eigenvalue weighted by Gasteiger charge is 2.15. The molecule has 0 amide bonds. The van der Waals surface area contributed by atoms with E-state index in [-0.39, 0.29) is 0 Å². The van der Waals surface area contributed by atoms with Crippen LogP contribution in [-0.2, 0) is 6.54 Å². The molecule has 4 heteroatoms. The van der Waals surface area contributed by atoms with E-state index in [0.717, 1.165) is 38.5 Å². The molecule has 0 radical (unpaired) electrons. The average Bonchev–Trinajstić information content (AvgIpc) is 2.89. The summed E-state index contributed by atoms with van der Waals surface area (Å²) < 4.78 is 5.51. The molecule has 1 aliphatic heterocycles. The molecular formula is C14H19N3O. The predicted molar refractivity (Wildman–Crippen MR) is 73.0 cm³/mol. The highest BCUT2D eigenvalue weighted by atomic mass is 16.5. The summed E-state index contributed by atoms with van der Waals surface area (Å²) in [6, 6.07) is 6.27. The van der Waals surface area contributed by atoms with Crippen molar-refractivity contribution in [2.75, 3.05) is 33.3 Å². The molecule has 1 fully saturated rings. The highest BCUT2D eigenvalue weighted by Crippen LogP contribution is 2.28. The van der Waals surface area contributed by atoms with Gasteiger partial charge in [-0.2, -0.15) is 0 Å². The Balaban J connectivity index is 1.94. The molecular weight excluding hydrogens is 226 g/mol. The Labute approximate surface area is 107 Å². The first kappa shape index (κ1) is 11.6. The summed E-state index contributed by atoms with van der Waals surface area (Å²) in [4.78, 5) is 5.74. The normalized spacial score (nSPS) is 17.2. The number of rotatable bonds is 3. The lowest BCUT2D eigenvalue weighted by Crippen LogP contribution is -2.42. The lowest BCUT2D eigenvalue weighted by molar-refractivity contribution is 0.231. The van der Waals surface area contributed by atoms with E-state index in [4.69, 9.17) is 4.74 Å². The lowest BCUT2D eigenvalue weighted by Gasteiger charge is -2.28. The first-order chi connectivity index (χ1) is 8.88. The number of H-pyrrole nitrogens is 1. The minimum Gasteiger partial charge on any atom is -0.496 e. The van der Waals surface area contributed by atoms with Crippen LogP contribution < -0.4 is 10.1 Å². The van der Waals surface area contributed by atoms with Crippen LogP contribution in [0.2, 0.25) is 0 Å². The van der Waals surface area contributed by atoms with Gasteiger partial charge in [-0.1, -0.05) is 0 Å². The smallest absolute Gasteiger partial charge is 0.124 e. The second-order valence-corrected chi connectivity index (χ2v) is 4.71. The molecule has 0 bridgehead atoms. The topological polar surface area (TPSA) is 40.3 Å². The number of benzene rings is 1.